The van der Waals surface area contributed by atoms with E-state index in [2.05, 4.69) is 28.9 Å². The fourth-order valence-electron chi connectivity index (χ4n) is 2.06. The monoisotopic (exact) mass is 269 g/mol. The summed E-state index contributed by atoms with van der Waals surface area (Å²) in [7, 11) is 1.72. The van der Waals surface area contributed by atoms with Crippen LogP contribution in [0, 0.1) is 13.8 Å². The van der Waals surface area contributed by atoms with Crippen LogP contribution in [0.25, 0.3) is 0 Å². The lowest BCUT2D eigenvalue weighted by Gasteiger charge is -2.07. The van der Waals surface area contributed by atoms with Gasteiger partial charge in [-0.3, -0.25) is 4.68 Å². The Bertz CT molecular complexity index is 364. The average Bonchev–Trinajstić information content (AvgIpc) is 2.67. The zero-order valence-electron chi connectivity index (χ0n) is 12.7. The van der Waals surface area contributed by atoms with Crippen molar-refractivity contribution in [2.45, 2.75) is 40.3 Å². The Morgan fingerprint density at radius 2 is 2.05 bits per heavy atom. The second-order valence-corrected chi connectivity index (χ2v) is 4.59. The first kappa shape index (κ1) is 16.1. The summed E-state index contributed by atoms with van der Waals surface area (Å²) >= 11 is 0. The van der Waals surface area contributed by atoms with Gasteiger partial charge in [0.05, 0.1) is 12.3 Å². The Labute approximate surface area is 116 Å². The van der Waals surface area contributed by atoms with Gasteiger partial charge in [-0.25, -0.2) is 0 Å². The van der Waals surface area contributed by atoms with Crippen molar-refractivity contribution in [1.29, 1.82) is 0 Å². The molecule has 5 nitrogen and oxygen atoms in total. The van der Waals surface area contributed by atoms with Crippen molar-refractivity contribution in [2.75, 3.05) is 33.5 Å². The number of hydrogen-bond donors (Lipinski definition) is 1. The lowest BCUT2D eigenvalue weighted by Crippen LogP contribution is -2.19. The van der Waals surface area contributed by atoms with E-state index < -0.39 is 0 Å². The standard InChI is InChI=1S/C14H27N3O2/c1-5-19-9-6-8-17-13(3)14(12(2)16-17)11-15-7-10-18-4/h15H,5-11H2,1-4H3. The van der Waals surface area contributed by atoms with Crippen molar-refractivity contribution < 1.29 is 9.47 Å². The first-order valence-corrected chi connectivity index (χ1v) is 7.01. The fraction of sp³-hybridized carbons (Fsp3) is 0.786. The molecule has 5 heteroatoms. The zero-order chi connectivity index (χ0) is 14.1. The summed E-state index contributed by atoms with van der Waals surface area (Å²) in [5.41, 5.74) is 3.66. The van der Waals surface area contributed by atoms with Crippen molar-refractivity contribution >= 4 is 0 Å². The Morgan fingerprint density at radius 3 is 2.74 bits per heavy atom. The van der Waals surface area contributed by atoms with E-state index in [0.29, 0.717) is 0 Å². The van der Waals surface area contributed by atoms with E-state index in [0.717, 1.165) is 51.6 Å². The lowest BCUT2D eigenvalue weighted by molar-refractivity contribution is 0.140. The molecule has 0 unspecified atom stereocenters. The van der Waals surface area contributed by atoms with E-state index in [1.165, 1.54) is 11.3 Å². The number of rotatable bonds is 10. The highest BCUT2D eigenvalue weighted by molar-refractivity contribution is 5.24. The largest absolute Gasteiger partial charge is 0.383 e. The summed E-state index contributed by atoms with van der Waals surface area (Å²) in [6.45, 7) is 11.2. The first-order valence-electron chi connectivity index (χ1n) is 7.01. The van der Waals surface area contributed by atoms with Crippen LogP contribution in [0.4, 0.5) is 0 Å². The summed E-state index contributed by atoms with van der Waals surface area (Å²) in [5, 5.41) is 7.97. The highest BCUT2D eigenvalue weighted by atomic mass is 16.5. The maximum Gasteiger partial charge on any atom is 0.0641 e. The molecule has 19 heavy (non-hydrogen) atoms. The smallest absolute Gasteiger partial charge is 0.0641 e. The predicted octanol–water partition coefficient (Wildman–Crippen LogP) is 1.66. The summed E-state index contributed by atoms with van der Waals surface area (Å²) in [5.74, 6) is 0. The van der Waals surface area contributed by atoms with Crippen LogP contribution in [0.2, 0.25) is 0 Å². The number of ether oxygens (including phenoxy) is 2. The maximum atomic E-state index is 5.36. The highest BCUT2D eigenvalue weighted by Crippen LogP contribution is 2.13. The molecule has 0 saturated heterocycles. The quantitative estimate of drug-likeness (QED) is 0.656. The van der Waals surface area contributed by atoms with Crippen LogP contribution in [0.5, 0.6) is 0 Å². The van der Waals surface area contributed by atoms with E-state index in [1.54, 1.807) is 7.11 Å². The van der Waals surface area contributed by atoms with Gasteiger partial charge >= 0.3 is 0 Å². The van der Waals surface area contributed by atoms with Crippen LogP contribution in [-0.4, -0.2) is 43.3 Å². The predicted molar refractivity (Wildman–Crippen MR) is 76.4 cm³/mol. The van der Waals surface area contributed by atoms with Gasteiger partial charge in [-0.15, -0.1) is 0 Å². The minimum absolute atomic E-state index is 0.737. The molecule has 0 bridgehead atoms. The molecule has 1 aromatic rings. The molecule has 0 spiro atoms. The Kier molecular flexibility index (Phi) is 7.70. The van der Waals surface area contributed by atoms with E-state index in [4.69, 9.17) is 9.47 Å². The van der Waals surface area contributed by atoms with Crippen molar-refractivity contribution in [3.05, 3.63) is 17.0 Å². The molecule has 0 aliphatic heterocycles. The molecule has 0 aromatic carbocycles. The molecule has 0 amide bonds. The second-order valence-electron chi connectivity index (χ2n) is 4.59. The van der Waals surface area contributed by atoms with Crippen LogP contribution in [0.15, 0.2) is 0 Å². The fourth-order valence-corrected chi connectivity index (χ4v) is 2.06. The van der Waals surface area contributed by atoms with Gasteiger partial charge in [0.2, 0.25) is 0 Å². The third kappa shape index (κ3) is 5.30. The van der Waals surface area contributed by atoms with Crippen LogP contribution < -0.4 is 5.32 Å². The number of aryl methyl sites for hydroxylation is 2. The molecule has 1 N–H and O–H groups in total. The SMILES string of the molecule is CCOCCCn1nc(C)c(CNCCOC)c1C. The number of hydrogen-bond acceptors (Lipinski definition) is 4. The van der Waals surface area contributed by atoms with E-state index >= 15 is 0 Å². The molecular weight excluding hydrogens is 242 g/mol. The van der Waals surface area contributed by atoms with Crippen LogP contribution >= 0.6 is 0 Å². The van der Waals surface area contributed by atoms with Gasteiger partial charge in [0.25, 0.3) is 0 Å². The maximum absolute atomic E-state index is 5.36. The third-order valence-electron chi connectivity index (χ3n) is 3.18. The number of aromatic nitrogens is 2. The van der Waals surface area contributed by atoms with Crippen molar-refractivity contribution in [1.82, 2.24) is 15.1 Å². The molecule has 1 heterocycles. The van der Waals surface area contributed by atoms with E-state index in [-0.39, 0.29) is 0 Å². The van der Waals surface area contributed by atoms with Gasteiger partial charge in [0, 0.05) is 51.2 Å². The van der Waals surface area contributed by atoms with Crippen molar-refractivity contribution in [3.63, 3.8) is 0 Å². The highest BCUT2D eigenvalue weighted by Gasteiger charge is 2.10. The van der Waals surface area contributed by atoms with Crippen molar-refractivity contribution in [3.8, 4) is 0 Å². The zero-order valence-corrected chi connectivity index (χ0v) is 12.7. The molecule has 0 radical (unpaired) electrons. The minimum Gasteiger partial charge on any atom is -0.383 e. The van der Waals surface area contributed by atoms with Gasteiger partial charge in [-0.1, -0.05) is 0 Å². The van der Waals surface area contributed by atoms with Crippen LogP contribution in [0.3, 0.4) is 0 Å². The molecular formula is C14H27N3O2. The number of nitrogens with zero attached hydrogens (tertiary/aromatic N) is 2. The van der Waals surface area contributed by atoms with Gasteiger partial charge in [-0.05, 0) is 27.2 Å². The summed E-state index contributed by atoms with van der Waals surface area (Å²) in [6, 6.07) is 0. The van der Waals surface area contributed by atoms with Crippen LogP contribution in [0.1, 0.15) is 30.3 Å². The van der Waals surface area contributed by atoms with Gasteiger partial charge in [0.1, 0.15) is 0 Å². The van der Waals surface area contributed by atoms with Gasteiger partial charge < -0.3 is 14.8 Å². The Balaban J connectivity index is 2.46. The average molecular weight is 269 g/mol. The lowest BCUT2D eigenvalue weighted by atomic mass is 10.2. The van der Waals surface area contributed by atoms with Crippen molar-refractivity contribution in [2.24, 2.45) is 0 Å². The number of nitrogens with one attached hydrogen (secondary N) is 1. The summed E-state index contributed by atoms with van der Waals surface area (Å²) in [4.78, 5) is 0. The summed E-state index contributed by atoms with van der Waals surface area (Å²) < 4.78 is 12.5. The topological polar surface area (TPSA) is 48.3 Å². The molecule has 0 saturated carbocycles. The Morgan fingerprint density at radius 1 is 1.26 bits per heavy atom. The van der Waals surface area contributed by atoms with E-state index in [1.807, 2.05) is 6.92 Å². The minimum atomic E-state index is 0.737. The third-order valence-corrected chi connectivity index (χ3v) is 3.18. The second kappa shape index (κ2) is 9.07. The van der Waals surface area contributed by atoms with Crippen LogP contribution in [-0.2, 0) is 22.6 Å². The molecule has 0 aliphatic carbocycles. The summed E-state index contributed by atoms with van der Waals surface area (Å²) in [6.07, 6.45) is 1.01. The molecule has 110 valence electrons. The normalized spacial score (nSPS) is 11.2. The molecule has 1 aromatic heterocycles. The molecule has 1 rings (SSSR count). The number of methoxy groups -OCH3 is 1. The van der Waals surface area contributed by atoms with E-state index in [9.17, 15) is 0 Å². The van der Waals surface area contributed by atoms with Gasteiger partial charge in [-0.2, -0.15) is 5.10 Å². The Hall–Kier alpha value is -0.910. The molecule has 0 fully saturated rings. The molecule has 0 aliphatic rings. The first-order chi connectivity index (χ1) is 9.20. The molecule has 0 atom stereocenters. The van der Waals surface area contributed by atoms with Gasteiger partial charge in [0.15, 0.2) is 0 Å².